The molecule has 92 valence electrons. The summed E-state index contributed by atoms with van der Waals surface area (Å²) in [6.45, 7) is 6.33. The largest absolute Gasteiger partial charge is 0.229 e. The number of rotatable bonds is 8. The number of hydrogen-bond acceptors (Lipinski definition) is 2. The van der Waals surface area contributed by atoms with Crippen LogP contribution in [0.4, 0.5) is 0 Å². The van der Waals surface area contributed by atoms with Gasteiger partial charge in [0, 0.05) is 6.26 Å². The number of sulfone groups is 1. The van der Waals surface area contributed by atoms with Crippen LogP contribution >= 0.6 is 0 Å². The Hall–Kier alpha value is -0.0500. The van der Waals surface area contributed by atoms with Gasteiger partial charge in [-0.1, -0.05) is 46.5 Å². The lowest BCUT2D eigenvalue weighted by Gasteiger charge is -2.21. The minimum Gasteiger partial charge on any atom is -0.229 e. The third-order valence-electron chi connectivity index (χ3n) is 3.02. The lowest BCUT2D eigenvalue weighted by atomic mass is 9.97. The molecule has 0 heterocycles. The Bertz CT molecular complexity index is 244. The summed E-state index contributed by atoms with van der Waals surface area (Å²) < 4.78 is 23.3. The van der Waals surface area contributed by atoms with Crippen LogP contribution in [-0.4, -0.2) is 19.9 Å². The minimum absolute atomic E-state index is 0.121. The monoisotopic (exact) mass is 234 g/mol. The molecule has 0 N–H and O–H groups in total. The van der Waals surface area contributed by atoms with Crippen molar-refractivity contribution in [3.63, 3.8) is 0 Å². The summed E-state index contributed by atoms with van der Waals surface area (Å²) in [7, 11) is -2.87. The molecule has 3 heteroatoms. The second-order valence-corrected chi connectivity index (χ2v) is 6.89. The van der Waals surface area contributed by atoms with E-state index in [4.69, 9.17) is 0 Å². The number of unbranched alkanes of at least 4 members (excludes halogenated alkanes) is 2. The van der Waals surface area contributed by atoms with Gasteiger partial charge in [-0.15, -0.1) is 0 Å². The fourth-order valence-electron chi connectivity index (χ4n) is 2.16. The van der Waals surface area contributed by atoms with E-state index in [9.17, 15) is 8.42 Å². The first kappa shape index (κ1) is 14.9. The zero-order chi connectivity index (χ0) is 11.9. The van der Waals surface area contributed by atoms with Crippen molar-refractivity contribution < 1.29 is 8.42 Å². The van der Waals surface area contributed by atoms with Gasteiger partial charge in [-0.05, 0) is 18.8 Å². The van der Waals surface area contributed by atoms with Crippen LogP contribution in [0.25, 0.3) is 0 Å². The van der Waals surface area contributed by atoms with Crippen LogP contribution in [0.15, 0.2) is 0 Å². The van der Waals surface area contributed by atoms with E-state index in [2.05, 4.69) is 20.8 Å². The maximum atomic E-state index is 11.6. The topological polar surface area (TPSA) is 34.1 Å². The molecule has 0 bridgehead atoms. The van der Waals surface area contributed by atoms with Crippen molar-refractivity contribution in [1.82, 2.24) is 0 Å². The Morgan fingerprint density at radius 1 is 1.00 bits per heavy atom. The molecule has 2 nitrogen and oxygen atoms in total. The predicted octanol–water partition coefficient (Wildman–Crippen LogP) is 3.42. The van der Waals surface area contributed by atoms with Crippen LogP contribution in [0.1, 0.15) is 59.3 Å². The van der Waals surface area contributed by atoms with Crippen LogP contribution in [0.2, 0.25) is 0 Å². The van der Waals surface area contributed by atoms with Crippen molar-refractivity contribution in [2.45, 2.75) is 64.5 Å². The van der Waals surface area contributed by atoms with Crippen LogP contribution in [0, 0.1) is 5.92 Å². The summed E-state index contributed by atoms with van der Waals surface area (Å²) in [5, 5.41) is -0.121. The maximum absolute atomic E-state index is 11.6. The molecule has 0 saturated heterocycles. The van der Waals surface area contributed by atoms with Crippen LogP contribution in [0.3, 0.4) is 0 Å². The van der Waals surface area contributed by atoms with Crippen molar-refractivity contribution in [3.8, 4) is 0 Å². The third kappa shape index (κ3) is 6.18. The Morgan fingerprint density at radius 3 is 2.00 bits per heavy atom. The molecule has 0 aliphatic rings. The Kier molecular flexibility index (Phi) is 7.24. The Labute approximate surface area is 95.4 Å². The van der Waals surface area contributed by atoms with Gasteiger partial charge < -0.3 is 0 Å². The van der Waals surface area contributed by atoms with Crippen molar-refractivity contribution in [3.05, 3.63) is 0 Å². The Balaban J connectivity index is 4.32. The van der Waals surface area contributed by atoms with E-state index in [1.165, 1.54) is 6.26 Å². The molecular weight excluding hydrogens is 208 g/mol. The first-order valence-corrected chi connectivity index (χ1v) is 8.07. The highest BCUT2D eigenvalue weighted by Gasteiger charge is 2.25. The van der Waals surface area contributed by atoms with Crippen LogP contribution in [-0.2, 0) is 9.84 Å². The van der Waals surface area contributed by atoms with Gasteiger partial charge >= 0.3 is 0 Å². The van der Waals surface area contributed by atoms with Crippen LogP contribution < -0.4 is 0 Å². The third-order valence-corrected chi connectivity index (χ3v) is 4.82. The van der Waals surface area contributed by atoms with Gasteiger partial charge in [0.1, 0.15) is 0 Å². The van der Waals surface area contributed by atoms with Gasteiger partial charge in [-0.3, -0.25) is 0 Å². The quantitative estimate of drug-likeness (QED) is 0.603. The maximum Gasteiger partial charge on any atom is 0.150 e. The molecule has 0 amide bonds. The Morgan fingerprint density at radius 2 is 1.60 bits per heavy atom. The van der Waals surface area contributed by atoms with Crippen molar-refractivity contribution in [1.29, 1.82) is 0 Å². The summed E-state index contributed by atoms with van der Waals surface area (Å²) in [6.07, 6.45) is 7.65. The van der Waals surface area contributed by atoms with E-state index in [1.54, 1.807) is 0 Å². The van der Waals surface area contributed by atoms with Gasteiger partial charge in [-0.2, -0.15) is 0 Å². The summed E-state index contributed by atoms with van der Waals surface area (Å²) in [6, 6.07) is 0. The van der Waals surface area contributed by atoms with Crippen LogP contribution in [0.5, 0.6) is 0 Å². The molecule has 0 aromatic rings. The van der Waals surface area contributed by atoms with Gasteiger partial charge in [0.2, 0.25) is 0 Å². The second kappa shape index (κ2) is 7.26. The smallest absolute Gasteiger partial charge is 0.150 e. The van der Waals surface area contributed by atoms with Gasteiger partial charge in [0.25, 0.3) is 0 Å². The van der Waals surface area contributed by atoms with Crippen molar-refractivity contribution in [2.75, 3.05) is 6.26 Å². The highest BCUT2D eigenvalue weighted by molar-refractivity contribution is 7.91. The minimum atomic E-state index is -2.87. The molecule has 0 rings (SSSR count). The summed E-state index contributed by atoms with van der Waals surface area (Å²) >= 11 is 0. The SMILES string of the molecule is CCCCCC(C(C)CCC)S(C)(=O)=O. The summed E-state index contributed by atoms with van der Waals surface area (Å²) in [5.74, 6) is 0.307. The van der Waals surface area contributed by atoms with E-state index in [-0.39, 0.29) is 5.25 Å². The van der Waals surface area contributed by atoms with Gasteiger partial charge in [0.15, 0.2) is 9.84 Å². The first-order valence-electron chi connectivity index (χ1n) is 6.12. The van der Waals surface area contributed by atoms with E-state index in [1.807, 2.05) is 0 Å². The highest BCUT2D eigenvalue weighted by Crippen LogP contribution is 2.22. The van der Waals surface area contributed by atoms with Crippen molar-refractivity contribution >= 4 is 9.84 Å². The molecule has 0 saturated carbocycles. The molecule has 0 aromatic heterocycles. The molecule has 2 unspecified atom stereocenters. The molecule has 2 atom stereocenters. The van der Waals surface area contributed by atoms with E-state index in [0.29, 0.717) is 5.92 Å². The van der Waals surface area contributed by atoms with Gasteiger partial charge in [0.05, 0.1) is 5.25 Å². The summed E-state index contributed by atoms with van der Waals surface area (Å²) in [5.41, 5.74) is 0. The molecule has 0 radical (unpaired) electrons. The molecule has 0 aliphatic heterocycles. The van der Waals surface area contributed by atoms with E-state index >= 15 is 0 Å². The molecule has 0 aliphatic carbocycles. The lowest BCUT2D eigenvalue weighted by Crippen LogP contribution is -2.27. The van der Waals surface area contributed by atoms with E-state index < -0.39 is 9.84 Å². The molecule has 0 aromatic carbocycles. The normalized spacial score (nSPS) is 16.3. The van der Waals surface area contributed by atoms with Crippen molar-refractivity contribution in [2.24, 2.45) is 5.92 Å². The standard InChI is InChI=1S/C12H26O2S/c1-5-7-8-10-12(15(4,13)14)11(3)9-6-2/h11-12H,5-10H2,1-4H3. The molecular formula is C12H26O2S. The summed E-state index contributed by atoms with van der Waals surface area (Å²) in [4.78, 5) is 0. The fraction of sp³-hybridized carbons (Fsp3) is 1.00. The average Bonchev–Trinajstić information content (AvgIpc) is 2.10. The van der Waals surface area contributed by atoms with Gasteiger partial charge in [-0.25, -0.2) is 8.42 Å². The first-order chi connectivity index (χ1) is 6.93. The zero-order valence-electron chi connectivity index (χ0n) is 10.6. The zero-order valence-corrected chi connectivity index (χ0v) is 11.4. The molecule has 15 heavy (non-hydrogen) atoms. The highest BCUT2D eigenvalue weighted by atomic mass is 32.2. The van der Waals surface area contributed by atoms with E-state index in [0.717, 1.165) is 38.5 Å². The predicted molar refractivity (Wildman–Crippen MR) is 66.8 cm³/mol. The molecule has 0 spiro atoms. The second-order valence-electron chi connectivity index (χ2n) is 4.63. The number of hydrogen-bond donors (Lipinski definition) is 0. The lowest BCUT2D eigenvalue weighted by molar-refractivity contribution is 0.445. The molecule has 0 fully saturated rings. The fourth-order valence-corrected chi connectivity index (χ4v) is 3.73. The average molecular weight is 234 g/mol.